The molecule has 1 aromatic carbocycles. The number of carboxylic acids is 1. The quantitative estimate of drug-likeness (QED) is 0.587. The van der Waals surface area contributed by atoms with Crippen molar-refractivity contribution < 1.29 is 24.9 Å². The second-order valence-electron chi connectivity index (χ2n) is 5.20. The van der Waals surface area contributed by atoms with E-state index in [2.05, 4.69) is 0 Å². The number of aliphatic hydroxyl groups is 2. The Balaban J connectivity index is 2.22. The van der Waals surface area contributed by atoms with Crippen molar-refractivity contribution in [2.24, 2.45) is 5.73 Å². The summed E-state index contributed by atoms with van der Waals surface area (Å²) in [5, 5.41) is 28.9. The van der Waals surface area contributed by atoms with Crippen molar-refractivity contribution in [1.29, 1.82) is 0 Å². The van der Waals surface area contributed by atoms with Crippen molar-refractivity contribution in [3.8, 4) is 0 Å². The lowest BCUT2D eigenvalue weighted by Crippen LogP contribution is -2.26. The molecule has 0 radical (unpaired) electrons. The van der Waals surface area contributed by atoms with E-state index in [1.54, 1.807) is 24.3 Å². The van der Waals surface area contributed by atoms with E-state index in [1.165, 1.54) is 0 Å². The van der Waals surface area contributed by atoms with E-state index < -0.39 is 29.5 Å². The highest BCUT2D eigenvalue weighted by Crippen LogP contribution is 2.48. The summed E-state index contributed by atoms with van der Waals surface area (Å²) >= 11 is 0. The molecule has 6 heteroatoms. The zero-order chi connectivity index (χ0) is 14.9. The molecule has 0 aliphatic heterocycles. The van der Waals surface area contributed by atoms with Crippen LogP contribution in [0, 0.1) is 0 Å². The zero-order valence-corrected chi connectivity index (χ0v) is 10.8. The van der Waals surface area contributed by atoms with Gasteiger partial charge in [-0.3, -0.25) is 9.59 Å². The summed E-state index contributed by atoms with van der Waals surface area (Å²) in [4.78, 5) is 22.0. The van der Waals surface area contributed by atoms with Gasteiger partial charge in [-0.2, -0.15) is 0 Å². The number of carbonyl (C=O) groups is 2. The highest BCUT2D eigenvalue weighted by molar-refractivity contribution is 5.85. The average molecular weight is 279 g/mol. The maximum Gasteiger partial charge on any atom is 0.314 e. The van der Waals surface area contributed by atoms with Crippen LogP contribution in [0.25, 0.3) is 0 Å². The third kappa shape index (κ3) is 2.66. The summed E-state index contributed by atoms with van der Waals surface area (Å²) in [6.07, 6.45) is -1.80. The second-order valence-corrected chi connectivity index (χ2v) is 5.20. The molecule has 1 fully saturated rings. The molecule has 1 saturated carbocycles. The van der Waals surface area contributed by atoms with Gasteiger partial charge >= 0.3 is 5.97 Å². The number of nitrogens with two attached hydrogens (primary N) is 1. The maximum atomic E-state index is 11.3. The Labute approximate surface area is 115 Å². The monoisotopic (exact) mass is 279 g/mol. The van der Waals surface area contributed by atoms with E-state index in [-0.39, 0.29) is 6.42 Å². The van der Waals surface area contributed by atoms with E-state index in [0.717, 1.165) is 0 Å². The molecule has 108 valence electrons. The molecule has 1 amide bonds. The number of rotatable bonds is 6. The number of hydrogen-bond donors (Lipinski definition) is 4. The number of aliphatic carboxylic acids is 1. The van der Waals surface area contributed by atoms with Crippen LogP contribution in [0.1, 0.15) is 36.5 Å². The van der Waals surface area contributed by atoms with Crippen LogP contribution in [0.5, 0.6) is 0 Å². The van der Waals surface area contributed by atoms with Crippen LogP contribution in [0.15, 0.2) is 24.3 Å². The molecule has 2 unspecified atom stereocenters. The summed E-state index contributed by atoms with van der Waals surface area (Å²) in [6.45, 7) is 0. The number of amides is 1. The predicted octanol–water partition coefficient (Wildman–Crippen LogP) is 0.0725. The van der Waals surface area contributed by atoms with Crippen molar-refractivity contribution in [2.45, 2.75) is 36.9 Å². The Hall–Kier alpha value is -1.92. The summed E-state index contributed by atoms with van der Waals surface area (Å²) in [5.41, 5.74) is 5.08. The zero-order valence-electron chi connectivity index (χ0n) is 10.8. The van der Waals surface area contributed by atoms with Crippen LogP contribution >= 0.6 is 0 Å². The van der Waals surface area contributed by atoms with Gasteiger partial charge in [-0.15, -0.1) is 0 Å². The lowest BCUT2D eigenvalue weighted by Gasteiger charge is -2.19. The standard InChI is InChI=1S/C14H17NO5/c15-11(17)7-10(16)12(18)8-2-1-3-9(6-8)14(4-5-14)13(19)20/h1-3,6,10,12,16,18H,4-5,7H2,(H2,15,17)(H,19,20). The van der Waals surface area contributed by atoms with Crippen LogP contribution in [0.4, 0.5) is 0 Å². The van der Waals surface area contributed by atoms with E-state index in [1.807, 2.05) is 0 Å². The lowest BCUT2D eigenvalue weighted by atomic mass is 9.92. The third-order valence-corrected chi connectivity index (χ3v) is 3.71. The topological polar surface area (TPSA) is 121 Å². The molecule has 5 N–H and O–H groups in total. The van der Waals surface area contributed by atoms with E-state index in [9.17, 15) is 24.9 Å². The number of carbonyl (C=O) groups excluding carboxylic acids is 1. The van der Waals surface area contributed by atoms with Gasteiger partial charge in [0, 0.05) is 0 Å². The Bertz CT molecular complexity index is 538. The molecule has 0 saturated heterocycles. The van der Waals surface area contributed by atoms with Crippen molar-refractivity contribution in [3.05, 3.63) is 35.4 Å². The molecule has 1 aliphatic carbocycles. The first-order chi connectivity index (χ1) is 9.36. The SMILES string of the molecule is NC(=O)CC(O)C(O)c1cccc(C2(C(=O)O)CC2)c1. The number of aliphatic hydroxyl groups excluding tert-OH is 2. The first-order valence-electron chi connectivity index (χ1n) is 6.35. The molecular weight excluding hydrogens is 262 g/mol. The van der Waals surface area contributed by atoms with Crippen molar-refractivity contribution >= 4 is 11.9 Å². The van der Waals surface area contributed by atoms with Gasteiger partial charge in [0.05, 0.1) is 17.9 Å². The second kappa shape index (κ2) is 5.22. The van der Waals surface area contributed by atoms with E-state index >= 15 is 0 Å². The third-order valence-electron chi connectivity index (χ3n) is 3.71. The van der Waals surface area contributed by atoms with Crippen LogP contribution in [-0.2, 0) is 15.0 Å². The van der Waals surface area contributed by atoms with Gasteiger partial charge in [0.15, 0.2) is 0 Å². The molecule has 1 aromatic rings. The van der Waals surface area contributed by atoms with Crippen LogP contribution in [0.3, 0.4) is 0 Å². The van der Waals surface area contributed by atoms with E-state index in [0.29, 0.717) is 24.0 Å². The van der Waals surface area contributed by atoms with Gasteiger partial charge in [-0.25, -0.2) is 0 Å². The van der Waals surface area contributed by atoms with Crippen LogP contribution < -0.4 is 5.73 Å². The Kier molecular flexibility index (Phi) is 3.78. The minimum Gasteiger partial charge on any atom is -0.481 e. The molecule has 0 spiro atoms. The molecule has 2 rings (SSSR count). The van der Waals surface area contributed by atoms with Gasteiger partial charge in [0.2, 0.25) is 5.91 Å². The fourth-order valence-corrected chi connectivity index (χ4v) is 2.31. The fraction of sp³-hybridized carbons (Fsp3) is 0.429. The van der Waals surface area contributed by atoms with Crippen molar-refractivity contribution in [3.63, 3.8) is 0 Å². The highest BCUT2D eigenvalue weighted by atomic mass is 16.4. The van der Waals surface area contributed by atoms with Gasteiger partial charge in [-0.1, -0.05) is 24.3 Å². The van der Waals surface area contributed by atoms with Crippen LogP contribution in [-0.4, -0.2) is 33.3 Å². The largest absolute Gasteiger partial charge is 0.481 e. The molecule has 2 atom stereocenters. The maximum absolute atomic E-state index is 11.3. The molecule has 0 heterocycles. The number of benzene rings is 1. The van der Waals surface area contributed by atoms with Gasteiger partial charge in [0.25, 0.3) is 0 Å². The van der Waals surface area contributed by atoms with Gasteiger partial charge in [0.1, 0.15) is 6.10 Å². The predicted molar refractivity (Wildman–Crippen MR) is 69.8 cm³/mol. The van der Waals surface area contributed by atoms with Crippen molar-refractivity contribution in [1.82, 2.24) is 0 Å². The molecular formula is C14H17NO5. The normalized spacial score (nSPS) is 19.1. The Morgan fingerprint density at radius 1 is 1.30 bits per heavy atom. The summed E-state index contributed by atoms with van der Waals surface area (Å²) in [7, 11) is 0. The molecule has 6 nitrogen and oxygen atoms in total. The summed E-state index contributed by atoms with van der Waals surface area (Å²) in [5.74, 6) is -1.60. The van der Waals surface area contributed by atoms with Crippen LogP contribution in [0.2, 0.25) is 0 Å². The Morgan fingerprint density at radius 3 is 2.45 bits per heavy atom. The fourth-order valence-electron chi connectivity index (χ4n) is 2.31. The number of hydrogen-bond acceptors (Lipinski definition) is 4. The first-order valence-corrected chi connectivity index (χ1v) is 6.35. The molecule has 20 heavy (non-hydrogen) atoms. The highest BCUT2D eigenvalue weighted by Gasteiger charge is 2.51. The molecule has 0 bridgehead atoms. The summed E-state index contributed by atoms with van der Waals surface area (Å²) in [6, 6.07) is 6.47. The molecule has 1 aliphatic rings. The Morgan fingerprint density at radius 2 is 1.95 bits per heavy atom. The van der Waals surface area contributed by atoms with Crippen molar-refractivity contribution in [2.75, 3.05) is 0 Å². The summed E-state index contributed by atoms with van der Waals surface area (Å²) < 4.78 is 0. The number of carboxylic acid groups (broad SMARTS) is 1. The minimum atomic E-state index is -1.30. The lowest BCUT2D eigenvalue weighted by molar-refractivity contribution is -0.140. The number of primary amides is 1. The molecule has 0 aromatic heterocycles. The minimum absolute atomic E-state index is 0.352. The smallest absolute Gasteiger partial charge is 0.314 e. The van der Waals surface area contributed by atoms with Gasteiger partial charge in [-0.05, 0) is 24.0 Å². The van der Waals surface area contributed by atoms with E-state index in [4.69, 9.17) is 5.73 Å². The first kappa shape index (κ1) is 14.5. The average Bonchev–Trinajstić information content (AvgIpc) is 3.18. The van der Waals surface area contributed by atoms with Gasteiger partial charge < -0.3 is 21.1 Å².